The van der Waals surface area contributed by atoms with E-state index in [0.717, 1.165) is 11.6 Å². The van der Waals surface area contributed by atoms with Crippen LogP contribution in [0.4, 0.5) is 0 Å². The molecule has 4 heteroatoms. The second-order valence-corrected chi connectivity index (χ2v) is 6.27. The summed E-state index contributed by atoms with van der Waals surface area (Å²) in [6.07, 6.45) is 5.59. The smallest absolute Gasteiger partial charge is 0.258 e. The zero-order chi connectivity index (χ0) is 14.8. The first-order valence-corrected chi connectivity index (χ1v) is 7.86. The van der Waals surface area contributed by atoms with E-state index < -0.39 is 0 Å². The molecule has 3 atom stereocenters. The Morgan fingerprint density at radius 3 is 3.05 bits per heavy atom. The van der Waals surface area contributed by atoms with Crippen LogP contribution in [0.5, 0.6) is 0 Å². The van der Waals surface area contributed by atoms with Gasteiger partial charge in [-0.05, 0) is 30.4 Å². The second kappa shape index (κ2) is 5.98. The lowest BCUT2D eigenvalue weighted by Crippen LogP contribution is -2.40. The molecule has 0 radical (unpaired) electrons. The molecule has 2 heterocycles. The lowest BCUT2D eigenvalue weighted by atomic mass is 9.78. The molecular weight excluding hydrogens is 262 g/mol. The number of nitrogens with one attached hydrogen (secondary N) is 1. The number of aromatic nitrogens is 2. The largest absolute Gasteiger partial charge is 0.308 e. The quantitative estimate of drug-likeness (QED) is 0.943. The van der Waals surface area contributed by atoms with Crippen molar-refractivity contribution >= 4 is 5.65 Å². The maximum Gasteiger partial charge on any atom is 0.258 e. The topological polar surface area (TPSA) is 46.4 Å². The average molecular weight is 285 g/mol. The Morgan fingerprint density at radius 1 is 1.33 bits per heavy atom. The van der Waals surface area contributed by atoms with Gasteiger partial charge >= 0.3 is 0 Å². The van der Waals surface area contributed by atoms with Gasteiger partial charge in [-0.25, -0.2) is 4.98 Å². The summed E-state index contributed by atoms with van der Waals surface area (Å²) in [5.74, 6) is 1.45. The molecule has 112 valence electrons. The number of rotatable bonds is 3. The van der Waals surface area contributed by atoms with E-state index in [4.69, 9.17) is 0 Å². The van der Waals surface area contributed by atoms with Gasteiger partial charge in [0.25, 0.3) is 5.56 Å². The molecular formula is C17H23N3O. The lowest BCUT2D eigenvalue weighted by Gasteiger charge is -2.34. The van der Waals surface area contributed by atoms with Gasteiger partial charge in [-0.3, -0.25) is 9.20 Å². The van der Waals surface area contributed by atoms with Gasteiger partial charge in [0.1, 0.15) is 5.65 Å². The molecule has 1 N–H and O–H groups in total. The van der Waals surface area contributed by atoms with Crippen molar-refractivity contribution in [2.75, 3.05) is 0 Å². The van der Waals surface area contributed by atoms with Crippen molar-refractivity contribution in [2.45, 2.75) is 45.7 Å². The van der Waals surface area contributed by atoms with Gasteiger partial charge in [0, 0.05) is 24.8 Å². The van der Waals surface area contributed by atoms with Crippen LogP contribution in [-0.2, 0) is 6.54 Å². The van der Waals surface area contributed by atoms with Crippen LogP contribution in [0.2, 0.25) is 0 Å². The molecule has 2 aromatic rings. The standard InChI is InChI=1S/C17H23N3O/c1-12-6-5-7-15(13(12)2)18-11-14-10-17(21)20-9-4-3-8-16(20)19-14/h3-4,8-10,12-13,15,18H,5-7,11H2,1-2H3. The monoisotopic (exact) mass is 285 g/mol. The highest BCUT2D eigenvalue weighted by atomic mass is 16.1. The first-order valence-electron chi connectivity index (χ1n) is 7.86. The Balaban J connectivity index is 1.75. The predicted molar refractivity (Wildman–Crippen MR) is 84.3 cm³/mol. The normalized spacial score (nSPS) is 26.1. The molecule has 2 aromatic heterocycles. The van der Waals surface area contributed by atoms with Crippen molar-refractivity contribution in [1.82, 2.24) is 14.7 Å². The number of nitrogens with zero attached hydrogens (tertiary/aromatic N) is 2. The molecule has 3 rings (SSSR count). The van der Waals surface area contributed by atoms with E-state index in [9.17, 15) is 4.79 Å². The van der Waals surface area contributed by atoms with Crippen LogP contribution in [0.1, 0.15) is 38.8 Å². The molecule has 0 spiro atoms. The van der Waals surface area contributed by atoms with Crippen molar-refractivity contribution in [2.24, 2.45) is 11.8 Å². The third kappa shape index (κ3) is 3.00. The summed E-state index contributed by atoms with van der Waals surface area (Å²) < 4.78 is 1.58. The van der Waals surface area contributed by atoms with E-state index in [2.05, 4.69) is 24.1 Å². The minimum Gasteiger partial charge on any atom is -0.308 e. The molecule has 1 fully saturated rings. The fourth-order valence-electron chi connectivity index (χ4n) is 3.30. The van der Waals surface area contributed by atoms with Crippen molar-refractivity contribution in [1.29, 1.82) is 0 Å². The zero-order valence-corrected chi connectivity index (χ0v) is 12.7. The van der Waals surface area contributed by atoms with Crippen LogP contribution in [0.3, 0.4) is 0 Å². The van der Waals surface area contributed by atoms with Gasteiger partial charge < -0.3 is 5.32 Å². The first kappa shape index (κ1) is 14.3. The molecule has 3 unspecified atom stereocenters. The van der Waals surface area contributed by atoms with Gasteiger partial charge in [0.15, 0.2) is 0 Å². The highest BCUT2D eigenvalue weighted by molar-refractivity contribution is 5.37. The van der Waals surface area contributed by atoms with E-state index in [1.807, 2.05) is 18.2 Å². The van der Waals surface area contributed by atoms with E-state index >= 15 is 0 Å². The van der Waals surface area contributed by atoms with Crippen LogP contribution in [-0.4, -0.2) is 15.4 Å². The maximum atomic E-state index is 12.1. The summed E-state index contributed by atoms with van der Waals surface area (Å²) in [6.45, 7) is 5.33. The number of fused-ring (bicyclic) bond motifs is 1. The molecule has 1 saturated carbocycles. The van der Waals surface area contributed by atoms with Crippen molar-refractivity contribution in [3.8, 4) is 0 Å². The predicted octanol–water partition coefficient (Wildman–Crippen LogP) is 2.61. The van der Waals surface area contributed by atoms with Crippen molar-refractivity contribution < 1.29 is 0 Å². The summed E-state index contributed by atoms with van der Waals surface area (Å²) in [5.41, 5.74) is 1.53. The molecule has 0 bridgehead atoms. The molecule has 0 aliphatic heterocycles. The Kier molecular flexibility index (Phi) is 4.06. The fraction of sp³-hybridized carbons (Fsp3) is 0.529. The summed E-state index contributed by atoms with van der Waals surface area (Å²) in [7, 11) is 0. The number of hydrogen-bond acceptors (Lipinski definition) is 3. The molecule has 1 aliphatic carbocycles. The van der Waals surface area contributed by atoms with Crippen LogP contribution in [0, 0.1) is 11.8 Å². The second-order valence-electron chi connectivity index (χ2n) is 6.27. The van der Waals surface area contributed by atoms with Crippen LogP contribution in [0.25, 0.3) is 5.65 Å². The van der Waals surface area contributed by atoms with Crippen LogP contribution >= 0.6 is 0 Å². The summed E-state index contributed by atoms with van der Waals surface area (Å²) >= 11 is 0. The van der Waals surface area contributed by atoms with Crippen LogP contribution < -0.4 is 10.9 Å². The van der Waals surface area contributed by atoms with Gasteiger partial charge in [0.05, 0.1) is 5.69 Å². The van der Waals surface area contributed by atoms with E-state index in [0.29, 0.717) is 24.2 Å². The summed E-state index contributed by atoms with van der Waals surface area (Å²) in [5, 5.41) is 3.60. The fourth-order valence-corrected chi connectivity index (χ4v) is 3.30. The zero-order valence-electron chi connectivity index (χ0n) is 12.7. The third-order valence-corrected chi connectivity index (χ3v) is 4.88. The van der Waals surface area contributed by atoms with E-state index in [1.54, 1.807) is 16.7 Å². The third-order valence-electron chi connectivity index (χ3n) is 4.88. The van der Waals surface area contributed by atoms with E-state index in [1.165, 1.54) is 19.3 Å². The van der Waals surface area contributed by atoms with E-state index in [-0.39, 0.29) is 5.56 Å². The summed E-state index contributed by atoms with van der Waals surface area (Å²) in [4.78, 5) is 16.6. The number of hydrogen-bond donors (Lipinski definition) is 1. The van der Waals surface area contributed by atoms with Crippen molar-refractivity contribution in [3.63, 3.8) is 0 Å². The summed E-state index contributed by atoms with van der Waals surface area (Å²) in [6, 6.07) is 7.79. The van der Waals surface area contributed by atoms with Gasteiger partial charge in [-0.1, -0.05) is 32.8 Å². The van der Waals surface area contributed by atoms with Crippen LogP contribution in [0.15, 0.2) is 35.3 Å². The van der Waals surface area contributed by atoms with Gasteiger partial charge in [-0.15, -0.1) is 0 Å². The molecule has 1 aliphatic rings. The number of pyridine rings is 1. The van der Waals surface area contributed by atoms with Crippen molar-refractivity contribution in [3.05, 3.63) is 46.5 Å². The SMILES string of the molecule is CC1CCCC(NCc2cc(=O)n3ccccc3n2)C1C. The van der Waals surface area contributed by atoms with Gasteiger partial charge in [0.2, 0.25) is 0 Å². The molecule has 0 amide bonds. The molecule has 4 nitrogen and oxygen atoms in total. The Morgan fingerprint density at radius 2 is 2.19 bits per heavy atom. The molecule has 0 saturated heterocycles. The first-order chi connectivity index (χ1) is 10.1. The Hall–Kier alpha value is -1.68. The maximum absolute atomic E-state index is 12.1. The Labute approximate surface area is 125 Å². The average Bonchev–Trinajstić information content (AvgIpc) is 2.49. The minimum absolute atomic E-state index is 0.0116. The molecule has 0 aromatic carbocycles. The minimum atomic E-state index is -0.0116. The molecule has 21 heavy (non-hydrogen) atoms. The highest BCUT2D eigenvalue weighted by Gasteiger charge is 2.26. The Bertz CT molecular complexity index is 679. The highest BCUT2D eigenvalue weighted by Crippen LogP contribution is 2.29. The van der Waals surface area contributed by atoms with Gasteiger partial charge in [-0.2, -0.15) is 0 Å². The lowest BCUT2D eigenvalue weighted by molar-refractivity contribution is 0.205.